The maximum atomic E-state index is 13.0. The minimum Gasteiger partial charge on any atom is -0.497 e. The first-order chi connectivity index (χ1) is 15.8. The second kappa shape index (κ2) is 11.3. The fourth-order valence-corrected chi connectivity index (χ4v) is 4.53. The number of amides is 2. The van der Waals surface area contributed by atoms with Crippen molar-refractivity contribution in [2.75, 3.05) is 25.9 Å². The molecule has 178 valence electrons. The summed E-state index contributed by atoms with van der Waals surface area (Å²) < 4.78 is 5.17. The lowest BCUT2D eigenvalue weighted by atomic mass is 9.93. The SMILES string of the molecule is COc1cccc(C(=O)N[C@@H](C)C(=O)N2CCC[C@H](CCc3c(N)nc(C)nc3Cl)CC2)c1. The van der Waals surface area contributed by atoms with E-state index in [-0.39, 0.29) is 11.8 Å². The van der Waals surface area contributed by atoms with Gasteiger partial charge in [0.05, 0.1) is 7.11 Å². The number of ether oxygens (including phenoxy) is 1. The van der Waals surface area contributed by atoms with E-state index in [1.165, 1.54) is 0 Å². The number of benzene rings is 1. The number of nitrogens with zero attached hydrogens (tertiary/aromatic N) is 3. The molecule has 1 aliphatic heterocycles. The second-order valence-electron chi connectivity index (χ2n) is 8.51. The van der Waals surface area contributed by atoms with Crippen LogP contribution in [0.1, 0.15) is 54.4 Å². The summed E-state index contributed by atoms with van der Waals surface area (Å²) in [7, 11) is 1.55. The number of anilines is 1. The number of nitrogens with one attached hydrogen (secondary N) is 1. The predicted molar refractivity (Wildman–Crippen MR) is 128 cm³/mol. The van der Waals surface area contributed by atoms with Gasteiger partial charge in [0, 0.05) is 24.2 Å². The van der Waals surface area contributed by atoms with Crippen LogP contribution in [0, 0.1) is 12.8 Å². The first kappa shape index (κ1) is 24.8. The van der Waals surface area contributed by atoms with Crippen LogP contribution in [-0.4, -0.2) is 52.9 Å². The number of likely N-dealkylation sites (tertiary alicyclic amines) is 1. The van der Waals surface area contributed by atoms with Gasteiger partial charge >= 0.3 is 0 Å². The number of aryl methyl sites for hydroxylation is 1. The van der Waals surface area contributed by atoms with Gasteiger partial charge in [0.25, 0.3) is 5.91 Å². The van der Waals surface area contributed by atoms with E-state index in [4.69, 9.17) is 22.1 Å². The summed E-state index contributed by atoms with van der Waals surface area (Å²) in [6, 6.07) is 6.26. The number of carbonyl (C=O) groups is 2. The summed E-state index contributed by atoms with van der Waals surface area (Å²) in [4.78, 5) is 35.8. The van der Waals surface area contributed by atoms with E-state index < -0.39 is 6.04 Å². The normalized spacial score (nSPS) is 17.2. The molecule has 0 spiro atoms. The number of nitrogen functional groups attached to an aromatic ring is 1. The van der Waals surface area contributed by atoms with Crippen molar-refractivity contribution in [1.82, 2.24) is 20.2 Å². The van der Waals surface area contributed by atoms with Crippen LogP contribution in [0.2, 0.25) is 5.15 Å². The van der Waals surface area contributed by atoms with Crippen LogP contribution in [0.5, 0.6) is 5.75 Å². The van der Waals surface area contributed by atoms with Crippen molar-refractivity contribution < 1.29 is 14.3 Å². The van der Waals surface area contributed by atoms with Gasteiger partial charge in [-0.05, 0) is 70.1 Å². The Morgan fingerprint density at radius 1 is 1.30 bits per heavy atom. The van der Waals surface area contributed by atoms with E-state index in [1.807, 2.05) is 4.90 Å². The molecule has 3 rings (SSSR count). The number of hydrogen-bond donors (Lipinski definition) is 2. The highest BCUT2D eigenvalue weighted by Crippen LogP contribution is 2.27. The van der Waals surface area contributed by atoms with E-state index in [2.05, 4.69) is 15.3 Å². The van der Waals surface area contributed by atoms with Gasteiger partial charge in [-0.25, -0.2) is 9.97 Å². The van der Waals surface area contributed by atoms with Crippen molar-refractivity contribution >= 4 is 29.2 Å². The van der Waals surface area contributed by atoms with Crippen molar-refractivity contribution in [3.8, 4) is 5.75 Å². The summed E-state index contributed by atoms with van der Waals surface area (Å²) in [5.74, 6) is 1.71. The van der Waals surface area contributed by atoms with Gasteiger partial charge in [0.2, 0.25) is 5.91 Å². The van der Waals surface area contributed by atoms with Gasteiger partial charge < -0.3 is 20.7 Å². The Labute approximate surface area is 199 Å². The molecule has 9 heteroatoms. The van der Waals surface area contributed by atoms with Gasteiger partial charge in [0.15, 0.2) is 0 Å². The molecule has 1 aliphatic rings. The van der Waals surface area contributed by atoms with Gasteiger partial charge in [-0.3, -0.25) is 9.59 Å². The zero-order valence-corrected chi connectivity index (χ0v) is 20.2. The Kier molecular flexibility index (Phi) is 8.49. The molecular formula is C24H32ClN5O3. The van der Waals surface area contributed by atoms with E-state index in [1.54, 1.807) is 45.2 Å². The molecule has 1 saturated heterocycles. The Balaban J connectivity index is 1.52. The highest BCUT2D eigenvalue weighted by atomic mass is 35.5. The molecule has 1 fully saturated rings. The molecular weight excluding hydrogens is 442 g/mol. The Bertz CT molecular complexity index is 977. The quantitative estimate of drug-likeness (QED) is 0.596. The summed E-state index contributed by atoms with van der Waals surface area (Å²) in [5, 5.41) is 3.23. The average molecular weight is 474 g/mol. The first-order valence-corrected chi connectivity index (χ1v) is 11.7. The minimum atomic E-state index is -0.608. The number of rotatable bonds is 7. The second-order valence-corrected chi connectivity index (χ2v) is 8.87. The van der Waals surface area contributed by atoms with Crippen molar-refractivity contribution in [1.29, 1.82) is 0 Å². The molecule has 0 aliphatic carbocycles. The summed E-state index contributed by atoms with van der Waals surface area (Å²) in [6.45, 7) is 4.84. The van der Waals surface area contributed by atoms with Crippen molar-refractivity contribution in [2.45, 2.75) is 52.0 Å². The Morgan fingerprint density at radius 2 is 2.09 bits per heavy atom. The molecule has 2 amide bonds. The molecule has 2 atom stereocenters. The zero-order valence-electron chi connectivity index (χ0n) is 19.4. The lowest BCUT2D eigenvalue weighted by Gasteiger charge is -2.25. The van der Waals surface area contributed by atoms with Gasteiger partial charge in [-0.1, -0.05) is 17.7 Å². The molecule has 0 unspecified atom stereocenters. The molecule has 3 N–H and O–H groups in total. The van der Waals surface area contributed by atoms with Crippen molar-refractivity contribution in [3.05, 3.63) is 46.4 Å². The maximum Gasteiger partial charge on any atom is 0.252 e. The third-order valence-electron chi connectivity index (χ3n) is 6.11. The highest BCUT2D eigenvalue weighted by molar-refractivity contribution is 6.30. The Morgan fingerprint density at radius 3 is 2.82 bits per heavy atom. The molecule has 0 saturated carbocycles. The molecule has 8 nitrogen and oxygen atoms in total. The molecule has 2 aromatic rings. The number of carbonyl (C=O) groups excluding carboxylic acids is 2. The number of nitrogens with two attached hydrogens (primary N) is 1. The summed E-state index contributed by atoms with van der Waals surface area (Å²) in [6.07, 6.45) is 4.47. The van der Waals surface area contributed by atoms with E-state index in [0.29, 0.717) is 47.1 Å². The smallest absolute Gasteiger partial charge is 0.252 e. The largest absolute Gasteiger partial charge is 0.497 e. The molecule has 2 heterocycles. The first-order valence-electron chi connectivity index (χ1n) is 11.3. The summed E-state index contributed by atoms with van der Waals surface area (Å²) >= 11 is 6.26. The summed E-state index contributed by atoms with van der Waals surface area (Å²) in [5.41, 5.74) is 7.29. The van der Waals surface area contributed by atoms with Crippen LogP contribution < -0.4 is 15.8 Å². The third kappa shape index (κ3) is 6.57. The van der Waals surface area contributed by atoms with Crippen LogP contribution >= 0.6 is 11.6 Å². The lowest BCUT2D eigenvalue weighted by Crippen LogP contribution is -2.47. The fraction of sp³-hybridized carbons (Fsp3) is 0.500. The monoisotopic (exact) mass is 473 g/mol. The van der Waals surface area contributed by atoms with Crippen LogP contribution in [0.4, 0.5) is 5.82 Å². The van der Waals surface area contributed by atoms with E-state index in [0.717, 1.165) is 37.7 Å². The molecule has 33 heavy (non-hydrogen) atoms. The van der Waals surface area contributed by atoms with Gasteiger partial charge in [0.1, 0.15) is 28.6 Å². The number of hydrogen-bond acceptors (Lipinski definition) is 6. The van der Waals surface area contributed by atoms with Crippen molar-refractivity contribution in [3.63, 3.8) is 0 Å². The van der Waals surface area contributed by atoms with Crippen molar-refractivity contribution in [2.24, 2.45) is 5.92 Å². The van der Waals surface area contributed by atoms with E-state index >= 15 is 0 Å². The molecule has 1 aromatic carbocycles. The fourth-order valence-electron chi connectivity index (χ4n) is 4.22. The number of aromatic nitrogens is 2. The lowest BCUT2D eigenvalue weighted by molar-refractivity contribution is -0.132. The number of halogens is 1. The highest BCUT2D eigenvalue weighted by Gasteiger charge is 2.26. The maximum absolute atomic E-state index is 13.0. The standard InChI is InChI=1S/C24H32ClN5O3/c1-15(27-23(31)18-7-4-8-19(14-18)33-3)24(32)30-12-5-6-17(11-13-30)9-10-20-21(25)28-16(2)29-22(20)26/h4,7-8,14-15,17H,5-6,9-13H2,1-3H3,(H,27,31)(H2,26,28,29)/t15-,17+/m0/s1. The third-order valence-corrected chi connectivity index (χ3v) is 6.42. The predicted octanol–water partition coefficient (Wildman–Crippen LogP) is 3.41. The van der Waals surface area contributed by atoms with Gasteiger partial charge in [-0.15, -0.1) is 0 Å². The van der Waals surface area contributed by atoms with E-state index in [9.17, 15) is 9.59 Å². The molecule has 0 radical (unpaired) electrons. The Hall–Kier alpha value is -2.87. The average Bonchev–Trinajstić information content (AvgIpc) is 3.03. The van der Waals surface area contributed by atoms with Crippen LogP contribution in [-0.2, 0) is 11.2 Å². The zero-order chi connectivity index (χ0) is 24.0. The molecule has 1 aromatic heterocycles. The molecule has 0 bridgehead atoms. The topological polar surface area (TPSA) is 110 Å². The van der Waals surface area contributed by atoms with Gasteiger partial charge in [-0.2, -0.15) is 0 Å². The minimum absolute atomic E-state index is 0.0638. The van der Waals surface area contributed by atoms with Crippen LogP contribution in [0.3, 0.4) is 0 Å². The van der Waals surface area contributed by atoms with Crippen LogP contribution in [0.15, 0.2) is 24.3 Å². The van der Waals surface area contributed by atoms with Crippen LogP contribution in [0.25, 0.3) is 0 Å². The number of methoxy groups -OCH3 is 1.